The van der Waals surface area contributed by atoms with Crippen LogP contribution in [0.15, 0.2) is 46.9 Å². The first-order valence-electron chi connectivity index (χ1n) is 5.24. The van der Waals surface area contributed by atoms with E-state index >= 15 is 0 Å². The number of aryl methyl sites for hydroxylation is 1. The van der Waals surface area contributed by atoms with Gasteiger partial charge in [-0.1, -0.05) is 15.9 Å². The molecule has 3 heteroatoms. The maximum Gasteiger partial charge on any atom is 0.193 e. The molecule has 2 N–H and O–H groups in total. The van der Waals surface area contributed by atoms with Gasteiger partial charge in [-0.2, -0.15) is 0 Å². The molecule has 0 spiro atoms. The number of ketones is 1. The summed E-state index contributed by atoms with van der Waals surface area (Å²) < 4.78 is 0.913. The number of benzene rings is 2. The van der Waals surface area contributed by atoms with Gasteiger partial charge in [0.15, 0.2) is 5.78 Å². The molecule has 0 unspecified atom stereocenters. The van der Waals surface area contributed by atoms with Crippen LogP contribution in [0.2, 0.25) is 0 Å². The van der Waals surface area contributed by atoms with E-state index in [2.05, 4.69) is 15.9 Å². The number of anilines is 1. The molecule has 0 saturated carbocycles. The molecule has 0 aliphatic carbocycles. The maximum absolute atomic E-state index is 12.2. The Morgan fingerprint density at radius 1 is 1.06 bits per heavy atom. The van der Waals surface area contributed by atoms with E-state index in [0.717, 1.165) is 10.0 Å². The Hall–Kier alpha value is -1.61. The molecule has 0 aliphatic heterocycles. The second kappa shape index (κ2) is 4.72. The normalized spacial score (nSPS) is 10.2. The molecule has 0 heterocycles. The topological polar surface area (TPSA) is 43.1 Å². The summed E-state index contributed by atoms with van der Waals surface area (Å²) in [6.07, 6.45) is 0. The van der Waals surface area contributed by atoms with Gasteiger partial charge >= 0.3 is 0 Å². The van der Waals surface area contributed by atoms with E-state index in [-0.39, 0.29) is 5.78 Å². The predicted octanol–water partition coefficient (Wildman–Crippen LogP) is 3.57. The first-order valence-corrected chi connectivity index (χ1v) is 6.03. The number of carbonyl (C=O) groups is 1. The van der Waals surface area contributed by atoms with Gasteiger partial charge in [-0.3, -0.25) is 4.79 Å². The van der Waals surface area contributed by atoms with Crippen LogP contribution in [0.3, 0.4) is 0 Å². The van der Waals surface area contributed by atoms with Crippen molar-refractivity contribution in [3.05, 3.63) is 63.6 Å². The van der Waals surface area contributed by atoms with Crippen molar-refractivity contribution in [2.75, 3.05) is 5.73 Å². The van der Waals surface area contributed by atoms with Gasteiger partial charge < -0.3 is 5.73 Å². The second-order valence-corrected chi connectivity index (χ2v) is 4.88. The number of hydrogen-bond acceptors (Lipinski definition) is 2. The molecule has 0 bridgehead atoms. The quantitative estimate of drug-likeness (QED) is 0.678. The summed E-state index contributed by atoms with van der Waals surface area (Å²) in [5.74, 6) is 0.00870. The lowest BCUT2D eigenvalue weighted by Gasteiger charge is -2.04. The second-order valence-electron chi connectivity index (χ2n) is 3.97. The Balaban J connectivity index is 2.40. The Labute approximate surface area is 109 Å². The summed E-state index contributed by atoms with van der Waals surface area (Å²) in [6, 6.07) is 12.6. The van der Waals surface area contributed by atoms with Crippen molar-refractivity contribution >= 4 is 27.4 Å². The molecule has 2 aromatic rings. The fourth-order valence-electron chi connectivity index (χ4n) is 1.67. The largest absolute Gasteiger partial charge is 0.399 e. The maximum atomic E-state index is 12.2. The van der Waals surface area contributed by atoms with Crippen LogP contribution >= 0.6 is 15.9 Å². The van der Waals surface area contributed by atoms with Crippen LogP contribution in [-0.2, 0) is 0 Å². The molecule has 0 atom stereocenters. The first kappa shape index (κ1) is 11.9. The minimum Gasteiger partial charge on any atom is -0.399 e. The van der Waals surface area contributed by atoms with Crippen molar-refractivity contribution in [1.82, 2.24) is 0 Å². The molecule has 0 aliphatic rings. The number of rotatable bonds is 2. The van der Waals surface area contributed by atoms with Crippen LogP contribution in [-0.4, -0.2) is 5.78 Å². The zero-order valence-corrected chi connectivity index (χ0v) is 11.0. The van der Waals surface area contributed by atoms with Crippen LogP contribution in [0.4, 0.5) is 5.69 Å². The summed E-state index contributed by atoms with van der Waals surface area (Å²) in [5, 5.41) is 0. The third-order valence-corrected chi connectivity index (χ3v) is 2.94. The fourth-order valence-corrected chi connectivity index (χ4v) is 2.28. The Bertz CT molecular complexity index is 541. The standard InChI is InChI=1S/C14H12BrNO/c1-9-6-11(8-12(15)7-9)14(17)10-2-4-13(16)5-3-10/h2-8H,16H2,1H3. The third kappa shape index (κ3) is 2.74. The van der Waals surface area contributed by atoms with Gasteiger partial charge in [-0.25, -0.2) is 0 Å². The van der Waals surface area contributed by atoms with Gasteiger partial charge in [0.25, 0.3) is 0 Å². The van der Waals surface area contributed by atoms with Gasteiger partial charge in [0.2, 0.25) is 0 Å². The molecule has 86 valence electrons. The van der Waals surface area contributed by atoms with Gasteiger partial charge in [-0.15, -0.1) is 0 Å². The minimum absolute atomic E-state index is 0.00870. The van der Waals surface area contributed by atoms with E-state index in [9.17, 15) is 4.79 Å². The van der Waals surface area contributed by atoms with Crippen LogP contribution in [0.25, 0.3) is 0 Å². The summed E-state index contributed by atoms with van der Waals surface area (Å²) in [7, 11) is 0. The van der Waals surface area contributed by atoms with Crippen molar-refractivity contribution in [2.45, 2.75) is 6.92 Å². The summed E-state index contributed by atoms with van der Waals surface area (Å²) in [4.78, 5) is 12.2. The Morgan fingerprint density at radius 2 is 1.71 bits per heavy atom. The van der Waals surface area contributed by atoms with Crippen LogP contribution in [0, 0.1) is 6.92 Å². The van der Waals surface area contributed by atoms with Crippen LogP contribution < -0.4 is 5.73 Å². The zero-order valence-electron chi connectivity index (χ0n) is 9.41. The van der Waals surface area contributed by atoms with E-state index in [1.807, 2.05) is 25.1 Å². The third-order valence-electron chi connectivity index (χ3n) is 2.48. The first-order chi connectivity index (χ1) is 8.06. The van der Waals surface area contributed by atoms with Gasteiger partial charge in [0.05, 0.1) is 0 Å². The number of nitrogens with two attached hydrogens (primary N) is 1. The lowest BCUT2D eigenvalue weighted by Crippen LogP contribution is -2.02. The van der Waals surface area contributed by atoms with Crippen LogP contribution in [0.1, 0.15) is 21.5 Å². The van der Waals surface area contributed by atoms with Crippen LogP contribution in [0.5, 0.6) is 0 Å². The molecule has 0 saturated heterocycles. The van der Waals surface area contributed by atoms with E-state index in [0.29, 0.717) is 16.8 Å². The van der Waals surface area contributed by atoms with Crippen molar-refractivity contribution in [3.8, 4) is 0 Å². The van der Waals surface area contributed by atoms with Crippen molar-refractivity contribution < 1.29 is 4.79 Å². The SMILES string of the molecule is Cc1cc(Br)cc(C(=O)c2ccc(N)cc2)c1. The van der Waals surface area contributed by atoms with Gasteiger partial charge in [-0.05, 0) is 55.0 Å². The molecule has 2 aromatic carbocycles. The number of carbonyl (C=O) groups excluding carboxylic acids is 1. The highest BCUT2D eigenvalue weighted by Crippen LogP contribution is 2.18. The molecule has 0 radical (unpaired) electrons. The van der Waals surface area contributed by atoms with E-state index in [1.165, 1.54) is 0 Å². The average Bonchev–Trinajstić information content (AvgIpc) is 2.28. The fraction of sp³-hybridized carbons (Fsp3) is 0.0714. The van der Waals surface area contributed by atoms with Crippen molar-refractivity contribution in [2.24, 2.45) is 0 Å². The molecule has 2 nitrogen and oxygen atoms in total. The highest BCUT2D eigenvalue weighted by atomic mass is 79.9. The zero-order chi connectivity index (χ0) is 12.4. The van der Waals surface area contributed by atoms with E-state index in [4.69, 9.17) is 5.73 Å². The highest BCUT2D eigenvalue weighted by Gasteiger charge is 2.09. The van der Waals surface area contributed by atoms with Gasteiger partial charge in [0.1, 0.15) is 0 Å². The molecular formula is C14H12BrNO. The number of hydrogen-bond donors (Lipinski definition) is 1. The Morgan fingerprint density at radius 3 is 2.29 bits per heavy atom. The minimum atomic E-state index is 0.00870. The van der Waals surface area contributed by atoms with E-state index in [1.54, 1.807) is 24.3 Å². The van der Waals surface area contributed by atoms with Crippen molar-refractivity contribution in [3.63, 3.8) is 0 Å². The highest BCUT2D eigenvalue weighted by molar-refractivity contribution is 9.10. The lowest BCUT2D eigenvalue weighted by atomic mass is 10.0. The molecule has 0 amide bonds. The molecule has 0 fully saturated rings. The Kier molecular flexibility index (Phi) is 3.29. The molecular weight excluding hydrogens is 278 g/mol. The lowest BCUT2D eigenvalue weighted by molar-refractivity contribution is 0.103. The summed E-state index contributed by atoms with van der Waals surface area (Å²) >= 11 is 3.39. The molecule has 2 rings (SSSR count). The van der Waals surface area contributed by atoms with Gasteiger partial charge in [0, 0.05) is 21.3 Å². The summed E-state index contributed by atoms with van der Waals surface area (Å²) in [6.45, 7) is 1.96. The summed E-state index contributed by atoms with van der Waals surface area (Å²) in [5.41, 5.74) is 8.64. The predicted molar refractivity (Wildman–Crippen MR) is 73.2 cm³/mol. The molecule has 0 aromatic heterocycles. The smallest absolute Gasteiger partial charge is 0.193 e. The van der Waals surface area contributed by atoms with Crippen molar-refractivity contribution in [1.29, 1.82) is 0 Å². The van der Waals surface area contributed by atoms with E-state index < -0.39 is 0 Å². The monoisotopic (exact) mass is 289 g/mol. The number of nitrogen functional groups attached to an aromatic ring is 1. The average molecular weight is 290 g/mol. The number of halogens is 1. The molecule has 17 heavy (non-hydrogen) atoms.